The SMILES string of the molecule is [2H]C([2H])([2H])C([2H])([2H])C([2H])([2H])C([2H])([2H])C(C)C(=O)N(C)OC. The Bertz CT molecular complexity index is 393. The van der Waals surface area contributed by atoms with E-state index < -0.39 is 37.8 Å². The zero-order valence-electron chi connectivity index (χ0n) is 16.3. The number of hydroxylamine groups is 2. The molecule has 0 aliphatic heterocycles. The van der Waals surface area contributed by atoms with Gasteiger partial charge in [-0.3, -0.25) is 9.63 Å². The van der Waals surface area contributed by atoms with Gasteiger partial charge in [0.25, 0.3) is 0 Å². The maximum Gasteiger partial charge on any atom is 0.248 e. The van der Waals surface area contributed by atoms with Gasteiger partial charge in [-0.05, 0) is 6.37 Å². The minimum absolute atomic E-state index is 0.670. The van der Waals surface area contributed by atoms with Gasteiger partial charge in [0.1, 0.15) is 0 Å². The molecule has 0 saturated carbocycles. The zero-order chi connectivity index (χ0) is 17.4. The molecule has 1 atom stereocenters. The summed E-state index contributed by atoms with van der Waals surface area (Å²) in [5.74, 6) is -2.59. The van der Waals surface area contributed by atoms with E-state index in [0.717, 1.165) is 14.0 Å². The summed E-state index contributed by atoms with van der Waals surface area (Å²) in [5, 5.41) is 0.670. The maximum atomic E-state index is 11.9. The Morgan fingerprint density at radius 1 is 1.83 bits per heavy atom. The topological polar surface area (TPSA) is 29.5 Å². The highest BCUT2D eigenvalue weighted by Gasteiger charge is 2.16. The third-order valence-corrected chi connectivity index (χ3v) is 1.31. The molecule has 0 bridgehead atoms. The number of amides is 1. The van der Waals surface area contributed by atoms with E-state index >= 15 is 0 Å². The predicted molar refractivity (Wildman–Crippen MR) is 48.5 cm³/mol. The number of rotatable bonds is 5. The van der Waals surface area contributed by atoms with Gasteiger partial charge in [-0.15, -0.1) is 0 Å². The van der Waals surface area contributed by atoms with Crippen molar-refractivity contribution < 1.29 is 22.0 Å². The summed E-state index contributed by atoms with van der Waals surface area (Å²) in [6.07, 6.45) is -9.99. The zero-order valence-corrected chi connectivity index (χ0v) is 7.34. The Morgan fingerprint density at radius 2 is 2.50 bits per heavy atom. The summed E-state index contributed by atoms with van der Waals surface area (Å²) in [7, 11) is 2.33. The Balaban J connectivity index is 5.73. The molecule has 0 spiro atoms. The predicted octanol–water partition coefficient (Wildman–Crippen LogP) is 1.83. The molecular weight excluding hydrogens is 154 g/mol. The Kier molecular flexibility index (Phi) is 1.65. The van der Waals surface area contributed by atoms with E-state index in [0.29, 0.717) is 5.06 Å². The second-order valence-electron chi connectivity index (χ2n) is 2.13. The van der Waals surface area contributed by atoms with Gasteiger partial charge >= 0.3 is 0 Å². The van der Waals surface area contributed by atoms with Crippen LogP contribution in [-0.2, 0) is 9.63 Å². The summed E-state index contributed by atoms with van der Waals surface area (Å²) < 4.78 is 67.0. The van der Waals surface area contributed by atoms with Crippen LogP contribution in [0.15, 0.2) is 0 Å². The monoisotopic (exact) mass is 182 g/mol. The van der Waals surface area contributed by atoms with Crippen molar-refractivity contribution in [3.05, 3.63) is 0 Å². The summed E-state index contributed by atoms with van der Waals surface area (Å²) in [6, 6.07) is 0. The first kappa shape index (κ1) is 3.29. The van der Waals surface area contributed by atoms with Gasteiger partial charge < -0.3 is 0 Å². The van der Waals surface area contributed by atoms with Crippen molar-refractivity contribution in [2.75, 3.05) is 14.2 Å². The fourth-order valence-corrected chi connectivity index (χ4v) is 0.569. The molecule has 12 heavy (non-hydrogen) atoms. The first-order chi connectivity index (χ1) is 9.05. The highest BCUT2D eigenvalue weighted by atomic mass is 16.7. The molecule has 0 aliphatic rings. The van der Waals surface area contributed by atoms with E-state index in [1.807, 2.05) is 0 Å². The second-order valence-corrected chi connectivity index (χ2v) is 2.13. The van der Waals surface area contributed by atoms with Crippen LogP contribution < -0.4 is 0 Å². The lowest BCUT2D eigenvalue weighted by Gasteiger charge is -2.18. The van der Waals surface area contributed by atoms with Crippen LogP contribution in [0, 0.1) is 5.92 Å². The summed E-state index contributed by atoms with van der Waals surface area (Å²) in [5.41, 5.74) is 0. The average molecular weight is 182 g/mol. The molecule has 1 unspecified atom stereocenters. The molecule has 72 valence electrons. The summed E-state index contributed by atoms with van der Waals surface area (Å²) >= 11 is 0. The molecule has 0 radical (unpaired) electrons. The standard InChI is InChI=1S/C9H19NO2/c1-5-6-7-8(2)9(11)10(3)12-4/h8H,5-7H2,1-4H3/i1D3,5D2,6D2,7D2. The van der Waals surface area contributed by atoms with E-state index in [9.17, 15) is 4.79 Å². The van der Waals surface area contributed by atoms with E-state index in [1.54, 1.807) is 0 Å². The molecule has 0 aromatic heterocycles. The van der Waals surface area contributed by atoms with Crippen LogP contribution >= 0.6 is 0 Å². The molecule has 3 nitrogen and oxygen atoms in total. The molecule has 1 amide bonds. The van der Waals surface area contributed by atoms with Crippen LogP contribution in [0.1, 0.15) is 45.2 Å². The Labute approximate surface area is 87.3 Å². The summed E-state index contributed by atoms with van der Waals surface area (Å²) in [4.78, 5) is 16.5. The number of nitrogens with zero attached hydrogens (tertiary/aromatic N) is 1. The van der Waals surface area contributed by atoms with Gasteiger partial charge in [-0.25, -0.2) is 5.06 Å². The molecular formula is C9H19NO2. The normalized spacial score (nSPS) is 28.4. The molecule has 0 saturated heterocycles. The van der Waals surface area contributed by atoms with Gasteiger partial charge in [-0.1, -0.05) is 26.5 Å². The van der Waals surface area contributed by atoms with Gasteiger partial charge in [-0.2, -0.15) is 0 Å². The van der Waals surface area contributed by atoms with Crippen molar-refractivity contribution in [2.45, 2.75) is 32.9 Å². The average Bonchev–Trinajstić information content (AvgIpc) is 2.33. The Hall–Kier alpha value is -0.570. The molecule has 0 heterocycles. The molecule has 0 N–H and O–H groups in total. The number of hydrogen-bond donors (Lipinski definition) is 0. The van der Waals surface area contributed by atoms with E-state index in [1.165, 1.54) is 7.05 Å². The lowest BCUT2D eigenvalue weighted by molar-refractivity contribution is -0.173. The fourth-order valence-electron chi connectivity index (χ4n) is 0.569. The van der Waals surface area contributed by atoms with Crippen molar-refractivity contribution in [1.29, 1.82) is 0 Å². The van der Waals surface area contributed by atoms with Gasteiger partial charge in [0.15, 0.2) is 0 Å². The van der Waals surface area contributed by atoms with Crippen molar-refractivity contribution in [3.63, 3.8) is 0 Å². The number of carbonyl (C=O) groups is 1. The van der Waals surface area contributed by atoms with Crippen molar-refractivity contribution >= 4 is 5.91 Å². The third-order valence-electron chi connectivity index (χ3n) is 1.31. The molecule has 0 rings (SSSR count). The highest BCUT2D eigenvalue weighted by Crippen LogP contribution is 2.10. The van der Waals surface area contributed by atoms with Crippen LogP contribution in [0.5, 0.6) is 0 Å². The fraction of sp³-hybridized carbons (Fsp3) is 0.889. The first-order valence-electron chi connectivity index (χ1n) is 7.87. The van der Waals surface area contributed by atoms with Crippen molar-refractivity contribution in [2.24, 2.45) is 5.92 Å². The Morgan fingerprint density at radius 3 is 3.00 bits per heavy atom. The van der Waals surface area contributed by atoms with Crippen molar-refractivity contribution in [3.8, 4) is 0 Å². The van der Waals surface area contributed by atoms with Crippen LogP contribution in [-0.4, -0.2) is 25.1 Å². The summed E-state index contributed by atoms with van der Waals surface area (Å²) in [6.45, 7) is -2.34. The largest absolute Gasteiger partial charge is 0.275 e. The molecule has 0 aromatic carbocycles. The number of carbonyl (C=O) groups excluding carboxylic acids is 1. The highest BCUT2D eigenvalue weighted by molar-refractivity contribution is 5.77. The molecule has 3 heteroatoms. The van der Waals surface area contributed by atoms with E-state index in [-0.39, 0.29) is 0 Å². The van der Waals surface area contributed by atoms with Crippen molar-refractivity contribution in [1.82, 2.24) is 5.06 Å². The maximum absolute atomic E-state index is 11.9. The van der Waals surface area contributed by atoms with E-state index in [2.05, 4.69) is 4.84 Å². The van der Waals surface area contributed by atoms with Gasteiger partial charge in [0.05, 0.1) is 7.11 Å². The minimum atomic E-state index is -3.48. The van der Waals surface area contributed by atoms with Crippen LogP contribution in [0.4, 0.5) is 0 Å². The smallest absolute Gasteiger partial charge is 0.248 e. The molecule has 0 fully saturated rings. The first-order valence-corrected chi connectivity index (χ1v) is 3.37. The lowest BCUT2D eigenvalue weighted by atomic mass is 10.0. The molecule has 0 aliphatic carbocycles. The minimum Gasteiger partial charge on any atom is -0.275 e. The lowest BCUT2D eigenvalue weighted by Crippen LogP contribution is -2.30. The third kappa shape index (κ3) is 3.72. The van der Waals surface area contributed by atoms with Gasteiger partial charge in [0, 0.05) is 25.3 Å². The quantitative estimate of drug-likeness (QED) is 0.607. The molecule has 0 aromatic rings. The van der Waals surface area contributed by atoms with Gasteiger partial charge in [0.2, 0.25) is 5.91 Å². The van der Waals surface area contributed by atoms with Crippen LogP contribution in [0.3, 0.4) is 0 Å². The van der Waals surface area contributed by atoms with Crippen LogP contribution in [0.2, 0.25) is 0 Å². The number of hydrogen-bond acceptors (Lipinski definition) is 2. The van der Waals surface area contributed by atoms with Crippen LogP contribution in [0.25, 0.3) is 0 Å². The van der Waals surface area contributed by atoms with E-state index in [4.69, 9.17) is 12.3 Å². The second kappa shape index (κ2) is 6.00.